The summed E-state index contributed by atoms with van der Waals surface area (Å²) in [5.74, 6) is 1.59. The summed E-state index contributed by atoms with van der Waals surface area (Å²) >= 11 is 0. The summed E-state index contributed by atoms with van der Waals surface area (Å²) in [6.07, 6.45) is 4.70. The number of piperidine rings is 2. The van der Waals surface area contributed by atoms with Gasteiger partial charge in [-0.05, 0) is 76.9 Å². The second-order valence-corrected chi connectivity index (χ2v) is 8.90. The summed E-state index contributed by atoms with van der Waals surface area (Å²) in [5.41, 5.74) is 1.01. The second-order valence-electron chi connectivity index (χ2n) is 8.90. The van der Waals surface area contributed by atoms with Crippen LogP contribution in [0.15, 0.2) is 30.3 Å². The van der Waals surface area contributed by atoms with Crippen LogP contribution in [-0.2, 0) is 11.3 Å². The summed E-state index contributed by atoms with van der Waals surface area (Å²) in [5, 5.41) is 0. The summed E-state index contributed by atoms with van der Waals surface area (Å²) in [6.45, 7) is 11.0. The maximum absolute atomic E-state index is 12.2. The van der Waals surface area contributed by atoms with Crippen molar-refractivity contribution >= 4 is 6.09 Å². The predicted octanol–water partition coefficient (Wildman–Crippen LogP) is 4.55. The van der Waals surface area contributed by atoms with Crippen LogP contribution in [-0.4, -0.2) is 47.7 Å². The number of likely N-dealkylation sites (tertiary alicyclic amines) is 2. The minimum Gasteiger partial charge on any atom is -0.444 e. The first-order valence-corrected chi connectivity index (χ1v) is 10.1. The van der Waals surface area contributed by atoms with Crippen LogP contribution in [0.3, 0.4) is 0 Å². The van der Waals surface area contributed by atoms with Gasteiger partial charge in [-0.2, -0.15) is 0 Å². The molecule has 0 radical (unpaired) electrons. The van der Waals surface area contributed by atoms with Crippen LogP contribution in [0.5, 0.6) is 0 Å². The summed E-state index contributed by atoms with van der Waals surface area (Å²) < 4.78 is 5.51. The van der Waals surface area contributed by atoms with Crippen LogP contribution in [0.4, 0.5) is 4.79 Å². The van der Waals surface area contributed by atoms with Crippen LogP contribution in [0, 0.1) is 11.8 Å². The molecule has 2 heterocycles. The summed E-state index contributed by atoms with van der Waals surface area (Å²) in [6, 6.07) is 10.8. The molecule has 3 rings (SSSR count). The molecule has 0 saturated carbocycles. The minimum atomic E-state index is -0.403. The molecule has 1 amide bonds. The molecule has 1 aromatic rings. The number of carbonyl (C=O) groups is 1. The lowest BCUT2D eigenvalue weighted by atomic mass is 9.79. The largest absolute Gasteiger partial charge is 0.444 e. The quantitative estimate of drug-likeness (QED) is 0.795. The Bertz CT molecular complexity index is 566. The van der Waals surface area contributed by atoms with Gasteiger partial charge in [-0.25, -0.2) is 4.79 Å². The van der Waals surface area contributed by atoms with E-state index in [1.165, 1.54) is 31.5 Å². The van der Waals surface area contributed by atoms with Crippen LogP contribution in [0.1, 0.15) is 52.0 Å². The van der Waals surface area contributed by atoms with Crippen molar-refractivity contribution in [1.82, 2.24) is 9.80 Å². The van der Waals surface area contributed by atoms with Gasteiger partial charge < -0.3 is 9.64 Å². The Kier molecular flexibility index (Phi) is 6.23. The fourth-order valence-electron chi connectivity index (χ4n) is 4.30. The Labute approximate surface area is 158 Å². The van der Waals surface area contributed by atoms with Crippen molar-refractivity contribution in [3.63, 3.8) is 0 Å². The molecule has 2 fully saturated rings. The third-order valence-electron chi connectivity index (χ3n) is 5.74. The first kappa shape index (κ1) is 19.2. The topological polar surface area (TPSA) is 32.8 Å². The molecule has 1 aromatic carbocycles. The molecule has 144 valence electrons. The van der Waals surface area contributed by atoms with Gasteiger partial charge in [0.25, 0.3) is 0 Å². The molecule has 2 saturated heterocycles. The normalized spacial score (nSPS) is 21.0. The molecule has 0 spiro atoms. The molecular weight excluding hydrogens is 324 g/mol. The smallest absolute Gasteiger partial charge is 0.410 e. The van der Waals surface area contributed by atoms with Gasteiger partial charge in [-0.15, -0.1) is 0 Å². The maximum atomic E-state index is 12.2. The third-order valence-corrected chi connectivity index (χ3v) is 5.74. The molecular formula is C22H34N2O2. The van der Waals surface area contributed by atoms with E-state index in [2.05, 4.69) is 35.2 Å². The van der Waals surface area contributed by atoms with Crippen LogP contribution < -0.4 is 0 Å². The molecule has 0 atom stereocenters. The van der Waals surface area contributed by atoms with Crippen molar-refractivity contribution in [2.45, 2.75) is 58.6 Å². The van der Waals surface area contributed by atoms with E-state index < -0.39 is 5.60 Å². The zero-order valence-electron chi connectivity index (χ0n) is 16.6. The van der Waals surface area contributed by atoms with Crippen molar-refractivity contribution in [2.24, 2.45) is 11.8 Å². The van der Waals surface area contributed by atoms with E-state index in [1.807, 2.05) is 25.7 Å². The van der Waals surface area contributed by atoms with Gasteiger partial charge in [-0.1, -0.05) is 30.3 Å². The molecule has 0 aromatic heterocycles. The summed E-state index contributed by atoms with van der Waals surface area (Å²) in [4.78, 5) is 16.7. The highest BCUT2D eigenvalue weighted by Crippen LogP contribution is 2.33. The highest BCUT2D eigenvalue weighted by atomic mass is 16.6. The van der Waals surface area contributed by atoms with Crippen molar-refractivity contribution in [3.05, 3.63) is 35.9 Å². The van der Waals surface area contributed by atoms with E-state index >= 15 is 0 Å². The zero-order valence-corrected chi connectivity index (χ0v) is 16.6. The number of benzene rings is 1. The number of amides is 1. The molecule has 0 bridgehead atoms. The van der Waals surface area contributed by atoms with Gasteiger partial charge in [0.2, 0.25) is 0 Å². The highest BCUT2D eigenvalue weighted by Gasteiger charge is 2.32. The monoisotopic (exact) mass is 358 g/mol. The Morgan fingerprint density at radius 2 is 1.50 bits per heavy atom. The van der Waals surface area contributed by atoms with Gasteiger partial charge in [0.15, 0.2) is 0 Å². The van der Waals surface area contributed by atoms with Gasteiger partial charge in [0.05, 0.1) is 0 Å². The molecule has 2 aliphatic heterocycles. The molecule has 0 unspecified atom stereocenters. The molecule has 0 N–H and O–H groups in total. The first-order valence-electron chi connectivity index (χ1n) is 10.1. The number of hydrogen-bond donors (Lipinski definition) is 0. The van der Waals surface area contributed by atoms with E-state index in [1.54, 1.807) is 0 Å². The lowest BCUT2D eigenvalue weighted by Crippen LogP contribution is -2.44. The second kappa shape index (κ2) is 8.43. The molecule has 0 aliphatic carbocycles. The number of rotatable bonds is 3. The van der Waals surface area contributed by atoms with Crippen molar-refractivity contribution in [3.8, 4) is 0 Å². The average molecular weight is 359 g/mol. The van der Waals surface area contributed by atoms with E-state index in [9.17, 15) is 4.79 Å². The van der Waals surface area contributed by atoms with E-state index in [-0.39, 0.29) is 6.09 Å². The van der Waals surface area contributed by atoms with Gasteiger partial charge >= 0.3 is 6.09 Å². The molecule has 26 heavy (non-hydrogen) atoms. The number of nitrogens with zero attached hydrogens (tertiary/aromatic N) is 2. The van der Waals surface area contributed by atoms with E-state index in [0.29, 0.717) is 0 Å². The molecule has 4 heteroatoms. The minimum absolute atomic E-state index is 0.145. The average Bonchev–Trinajstić information content (AvgIpc) is 2.62. The maximum Gasteiger partial charge on any atom is 0.410 e. The lowest BCUT2D eigenvalue weighted by Gasteiger charge is -2.40. The Balaban J connectivity index is 1.40. The molecule has 2 aliphatic rings. The predicted molar refractivity (Wildman–Crippen MR) is 105 cm³/mol. The van der Waals surface area contributed by atoms with Crippen molar-refractivity contribution < 1.29 is 9.53 Å². The zero-order chi connectivity index (χ0) is 18.6. The van der Waals surface area contributed by atoms with Crippen LogP contribution in [0.2, 0.25) is 0 Å². The van der Waals surface area contributed by atoms with Gasteiger partial charge in [-0.3, -0.25) is 4.90 Å². The number of ether oxygens (including phenoxy) is 1. The first-order chi connectivity index (χ1) is 12.4. The fraction of sp³-hybridized carbons (Fsp3) is 0.682. The molecule has 4 nitrogen and oxygen atoms in total. The fourth-order valence-corrected chi connectivity index (χ4v) is 4.30. The van der Waals surface area contributed by atoms with Crippen molar-refractivity contribution in [2.75, 3.05) is 26.2 Å². The van der Waals surface area contributed by atoms with E-state index in [4.69, 9.17) is 4.74 Å². The number of hydrogen-bond acceptors (Lipinski definition) is 3. The SMILES string of the molecule is CC(C)(C)OC(=O)N1CCC(C2CCN(Cc3ccccc3)CC2)CC1. The summed E-state index contributed by atoms with van der Waals surface area (Å²) in [7, 11) is 0. The Morgan fingerprint density at radius 1 is 0.962 bits per heavy atom. The van der Waals surface area contributed by atoms with E-state index in [0.717, 1.165) is 44.3 Å². The van der Waals surface area contributed by atoms with Crippen LogP contribution >= 0.6 is 0 Å². The lowest BCUT2D eigenvalue weighted by molar-refractivity contribution is 0.0134. The highest BCUT2D eigenvalue weighted by molar-refractivity contribution is 5.68. The van der Waals surface area contributed by atoms with Crippen LogP contribution in [0.25, 0.3) is 0 Å². The Hall–Kier alpha value is -1.55. The Morgan fingerprint density at radius 3 is 2.04 bits per heavy atom. The van der Waals surface area contributed by atoms with Gasteiger partial charge in [0.1, 0.15) is 5.60 Å². The standard InChI is InChI=1S/C22H34N2O2/c1-22(2,3)26-21(25)24-15-11-20(12-16-24)19-9-13-23(14-10-19)17-18-7-5-4-6-8-18/h4-8,19-20H,9-17H2,1-3H3. The number of carbonyl (C=O) groups excluding carboxylic acids is 1. The van der Waals surface area contributed by atoms with Gasteiger partial charge in [0, 0.05) is 19.6 Å². The third kappa shape index (κ3) is 5.47. The van der Waals surface area contributed by atoms with Crippen molar-refractivity contribution in [1.29, 1.82) is 0 Å².